The minimum absolute atomic E-state index is 0.905. The molecule has 20 aromatic carbocycles. The molecule has 6 heteroatoms. The third-order valence-electron chi connectivity index (χ3n) is 24.6. The van der Waals surface area contributed by atoms with Crippen molar-refractivity contribution in [2.24, 2.45) is 0 Å². The lowest BCUT2D eigenvalue weighted by molar-refractivity contribution is 0.482. The van der Waals surface area contributed by atoms with Crippen LogP contribution in [0, 0.1) is 0 Å². The third-order valence-corrected chi connectivity index (χ3v) is 24.6. The minimum atomic E-state index is 0.905. The molecule has 566 valence electrons. The lowest BCUT2D eigenvalue weighted by Gasteiger charge is -2.32. The van der Waals surface area contributed by atoms with Gasteiger partial charge in [-0.1, -0.05) is 346 Å². The molecule has 0 saturated heterocycles. The van der Waals surface area contributed by atoms with E-state index >= 15 is 0 Å². The van der Waals surface area contributed by atoms with Crippen LogP contribution in [0.2, 0.25) is 0 Å². The topological polar surface area (TPSA) is 25.4 Å². The van der Waals surface area contributed by atoms with E-state index in [9.17, 15) is 0 Å². The van der Waals surface area contributed by atoms with Crippen molar-refractivity contribution in [1.82, 2.24) is 0 Å². The zero-order valence-electron chi connectivity index (χ0n) is 66.9. The standard InChI is InChI=1S/4C23H17N.C21H15NO/c1-24-22-14-10-16-6-2-4-8-18(16)20(22)12-13-21-19-9-5-3-7-17(19)11-15-23(21)24;1-24-22-18(12-10-16-6-2-4-8-20(16)22)14-15-19-13-11-17-7-3-5-9-21(17)23(19)24;1-24-22-14-18-8-4-2-6-16(18)12-20(22)10-11-21-13-17-7-3-5-9-19(17)15-23(21)24;1-24-22-13-11-16-6-4-5-9-20(16)21(22)12-10-19-14-17-7-2-3-8-18(17)15-23(19)24;1-22-18-12-6-7-13-19(18)23-21-17-11-5-3-9-15(17)14-8-2-4-10-16(14)20(21)22/h4*2-15H,1H3;2-13H,1H3. The molecular weight excluding hydrogens is 1440 g/mol. The predicted molar refractivity (Wildman–Crippen MR) is 516 cm³/mol. The van der Waals surface area contributed by atoms with Crippen molar-refractivity contribution in [3.05, 3.63) is 408 Å². The van der Waals surface area contributed by atoms with E-state index in [2.05, 4.69) is 454 Å². The normalized spacial score (nSPS) is 12.9. The maximum absolute atomic E-state index is 6.33. The second kappa shape index (κ2) is 29.9. The van der Waals surface area contributed by atoms with Crippen molar-refractivity contribution < 1.29 is 4.74 Å². The quantitative estimate of drug-likeness (QED) is 0.140. The van der Waals surface area contributed by atoms with Gasteiger partial charge in [0.05, 0.1) is 22.7 Å². The molecule has 0 amide bonds. The number of fused-ring (bicyclic) bond motifs is 28. The summed E-state index contributed by atoms with van der Waals surface area (Å²) in [5.74, 6) is 1.85. The number of para-hydroxylation sites is 2. The molecule has 119 heavy (non-hydrogen) atoms. The Balaban J connectivity index is 0.0000000923. The molecule has 0 aromatic heterocycles. The summed E-state index contributed by atoms with van der Waals surface area (Å²) in [6.45, 7) is 0. The van der Waals surface area contributed by atoms with E-state index in [-0.39, 0.29) is 0 Å². The summed E-state index contributed by atoms with van der Waals surface area (Å²) in [6, 6.07) is 130. The van der Waals surface area contributed by atoms with Crippen molar-refractivity contribution in [1.29, 1.82) is 0 Å². The van der Waals surface area contributed by atoms with E-state index in [4.69, 9.17) is 4.74 Å². The van der Waals surface area contributed by atoms with Crippen molar-refractivity contribution >= 4 is 213 Å². The molecule has 0 bridgehead atoms. The Labute approximate surface area is 693 Å². The van der Waals surface area contributed by atoms with Crippen LogP contribution < -0.4 is 29.2 Å². The second-order valence-corrected chi connectivity index (χ2v) is 31.3. The van der Waals surface area contributed by atoms with Gasteiger partial charge >= 0.3 is 0 Å². The van der Waals surface area contributed by atoms with Crippen LogP contribution in [0.4, 0.5) is 56.9 Å². The van der Waals surface area contributed by atoms with Crippen molar-refractivity contribution in [2.75, 3.05) is 59.7 Å². The fourth-order valence-corrected chi connectivity index (χ4v) is 18.6. The van der Waals surface area contributed by atoms with Crippen LogP contribution in [-0.4, -0.2) is 35.2 Å². The van der Waals surface area contributed by atoms with Gasteiger partial charge in [-0.2, -0.15) is 0 Å². The van der Waals surface area contributed by atoms with Gasteiger partial charge < -0.3 is 29.2 Å². The summed E-state index contributed by atoms with van der Waals surface area (Å²) in [5.41, 5.74) is 22.5. The maximum atomic E-state index is 6.33. The Bertz CT molecular complexity index is 7310. The van der Waals surface area contributed by atoms with Gasteiger partial charge in [0.15, 0.2) is 11.5 Å². The molecule has 0 fully saturated rings. The molecule has 0 atom stereocenters. The van der Waals surface area contributed by atoms with Crippen LogP contribution in [0.3, 0.4) is 0 Å². The predicted octanol–water partition coefficient (Wildman–Crippen LogP) is 30.8. The number of nitrogens with zero attached hydrogens (tertiary/aromatic N) is 5. The van der Waals surface area contributed by atoms with Crippen molar-refractivity contribution in [3.63, 3.8) is 0 Å². The molecular formula is C113H83N5O. The number of rotatable bonds is 0. The molecule has 0 aliphatic carbocycles. The fraction of sp³-hybridized carbons (Fsp3) is 0.0442. The zero-order valence-corrected chi connectivity index (χ0v) is 66.9. The maximum Gasteiger partial charge on any atom is 0.159 e. The first kappa shape index (κ1) is 71.5. The molecule has 5 heterocycles. The van der Waals surface area contributed by atoms with E-state index in [1.807, 2.05) is 18.2 Å². The van der Waals surface area contributed by atoms with Gasteiger partial charge in [-0.25, -0.2) is 0 Å². The van der Waals surface area contributed by atoms with Gasteiger partial charge in [0.1, 0.15) is 0 Å². The van der Waals surface area contributed by atoms with Crippen LogP contribution in [0.25, 0.3) is 156 Å². The van der Waals surface area contributed by atoms with Gasteiger partial charge in [-0.3, -0.25) is 0 Å². The number of benzene rings is 20. The average Bonchev–Trinajstić information content (AvgIpc) is 1.15. The minimum Gasteiger partial charge on any atom is -0.452 e. The first-order valence-electron chi connectivity index (χ1n) is 40.9. The highest BCUT2D eigenvalue weighted by molar-refractivity contribution is 6.19. The van der Waals surface area contributed by atoms with Gasteiger partial charge in [-0.15, -0.1) is 0 Å². The summed E-state index contributed by atoms with van der Waals surface area (Å²) in [4.78, 5) is 11.5. The Morgan fingerprint density at radius 3 is 0.866 bits per heavy atom. The number of hydrogen-bond donors (Lipinski definition) is 0. The number of ether oxygens (including phenoxy) is 1. The SMILES string of the molecule is CN1c2c(ccc3ccccc23)C=Cc2ccc3ccccc3c21.CN1c2cc3ccccc3cc2C=Cc2c1ccc1ccccc21.CN1c2cc3ccccc3cc2C=Cc2cc3ccccc3cc21.CN1c2ccc3ccccc3c2C=Cc2c1ccc1ccccc21.CN1c2ccccc2Oc2c1c1ccccc1c1ccccc21. The van der Waals surface area contributed by atoms with Gasteiger partial charge in [0.25, 0.3) is 0 Å². The molecule has 0 unspecified atom stereocenters. The van der Waals surface area contributed by atoms with Crippen molar-refractivity contribution in [2.45, 2.75) is 0 Å². The zero-order chi connectivity index (χ0) is 79.8. The molecule has 5 aliphatic heterocycles. The van der Waals surface area contributed by atoms with Crippen molar-refractivity contribution in [3.8, 4) is 11.5 Å². The highest BCUT2D eigenvalue weighted by Gasteiger charge is 2.28. The first-order valence-corrected chi connectivity index (χ1v) is 40.9. The van der Waals surface area contributed by atoms with Crippen LogP contribution in [0.5, 0.6) is 11.5 Å². The fourth-order valence-electron chi connectivity index (χ4n) is 18.6. The summed E-state index contributed by atoms with van der Waals surface area (Å²) < 4.78 is 6.33. The number of anilines is 10. The van der Waals surface area contributed by atoms with Gasteiger partial charge in [-0.05, 0) is 181 Å². The summed E-state index contributed by atoms with van der Waals surface area (Å²) in [7, 11) is 10.8. The molecule has 6 nitrogen and oxygen atoms in total. The van der Waals surface area contributed by atoms with E-state index in [0.29, 0.717) is 0 Å². The molecule has 0 radical (unpaired) electrons. The van der Waals surface area contributed by atoms with E-state index in [0.717, 1.165) is 28.3 Å². The van der Waals surface area contributed by atoms with Gasteiger partial charge in [0.2, 0.25) is 0 Å². The highest BCUT2D eigenvalue weighted by atomic mass is 16.5. The molecule has 0 saturated carbocycles. The monoisotopic (exact) mass is 1530 g/mol. The van der Waals surface area contributed by atoms with E-state index in [1.165, 1.54) is 192 Å². The lowest BCUT2D eigenvalue weighted by Crippen LogP contribution is -2.16. The molecule has 0 spiro atoms. The Hall–Kier alpha value is -15.2. The van der Waals surface area contributed by atoms with Crippen LogP contribution in [-0.2, 0) is 0 Å². The molecule has 5 aliphatic rings. The Kier molecular flexibility index (Phi) is 18.0. The van der Waals surface area contributed by atoms with Crippen LogP contribution in [0.1, 0.15) is 44.5 Å². The highest BCUT2D eigenvalue weighted by Crippen LogP contribution is 2.54. The second-order valence-electron chi connectivity index (χ2n) is 31.3. The summed E-state index contributed by atoms with van der Waals surface area (Å²) in [6.07, 6.45) is 18.0. The Morgan fingerprint density at radius 2 is 0.445 bits per heavy atom. The first-order chi connectivity index (χ1) is 58.6. The van der Waals surface area contributed by atoms with E-state index in [1.54, 1.807) is 0 Å². The molecule has 25 rings (SSSR count). The summed E-state index contributed by atoms with van der Waals surface area (Å²) >= 11 is 0. The lowest BCUT2D eigenvalue weighted by atomic mass is 9.97. The Morgan fingerprint density at radius 1 is 0.168 bits per heavy atom. The van der Waals surface area contributed by atoms with Crippen LogP contribution >= 0.6 is 0 Å². The molecule has 0 N–H and O–H groups in total. The third kappa shape index (κ3) is 12.7. The average molecular weight is 1530 g/mol. The largest absolute Gasteiger partial charge is 0.452 e. The summed E-state index contributed by atoms with van der Waals surface area (Å²) in [5, 5.41) is 25.4. The number of hydrogen-bond acceptors (Lipinski definition) is 6. The molecule has 20 aromatic rings. The van der Waals surface area contributed by atoms with E-state index < -0.39 is 0 Å². The van der Waals surface area contributed by atoms with Gasteiger partial charge in [0, 0.05) is 108 Å². The smallest absolute Gasteiger partial charge is 0.159 e. The van der Waals surface area contributed by atoms with Crippen LogP contribution in [0.15, 0.2) is 364 Å².